The van der Waals surface area contributed by atoms with E-state index in [2.05, 4.69) is 0 Å². The summed E-state index contributed by atoms with van der Waals surface area (Å²) in [5.41, 5.74) is 2.26. The summed E-state index contributed by atoms with van der Waals surface area (Å²) < 4.78 is 22.9. The average molecular weight is 493 g/mol. The SMILES string of the molecule is COc1ccccc1[C@@H]1CC(=O)Oc2cc3c(c(OC)c21)C(=O)O[C@@H](C)CCCC(=O)CCCC=C3. The Kier molecular flexibility index (Phi) is 8.08. The summed E-state index contributed by atoms with van der Waals surface area (Å²) in [7, 11) is 3.08. The van der Waals surface area contributed by atoms with Crippen LogP contribution in [0.15, 0.2) is 36.4 Å². The van der Waals surface area contributed by atoms with Crippen molar-refractivity contribution < 1.29 is 33.3 Å². The van der Waals surface area contributed by atoms with E-state index in [4.69, 9.17) is 18.9 Å². The fraction of sp³-hybridized carbons (Fsp3) is 0.414. The highest BCUT2D eigenvalue weighted by molar-refractivity contribution is 5.99. The van der Waals surface area contributed by atoms with Crippen LogP contribution in [0.25, 0.3) is 6.08 Å². The third-order valence-electron chi connectivity index (χ3n) is 6.68. The van der Waals surface area contributed by atoms with Crippen LogP contribution in [0.4, 0.5) is 0 Å². The Morgan fingerprint density at radius 1 is 1.00 bits per heavy atom. The fourth-order valence-electron chi connectivity index (χ4n) is 4.93. The Bertz CT molecular complexity index is 1180. The Balaban J connectivity index is 1.87. The third-order valence-corrected chi connectivity index (χ3v) is 6.68. The second-order valence-corrected chi connectivity index (χ2v) is 9.20. The number of para-hydroxylation sites is 1. The van der Waals surface area contributed by atoms with E-state index in [0.717, 1.165) is 12.0 Å². The van der Waals surface area contributed by atoms with Gasteiger partial charge in [0.25, 0.3) is 0 Å². The molecule has 0 bridgehead atoms. The molecule has 0 aromatic heterocycles. The van der Waals surface area contributed by atoms with Gasteiger partial charge in [-0.1, -0.05) is 30.4 Å². The molecule has 0 unspecified atom stereocenters. The van der Waals surface area contributed by atoms with Crippen LogP contribution in [0, 0.1) is 0 Å². The van der Waals surface area contributed by atoms with Crippen LogP contribution in [-0.2, 0) is 14.3 Å². The lowest BCUT2D eigenvalue weighted by atomic mass is 9.83. The fourth-order valence-corrected chi connectivity index (χ4v) is 4.93. The van der Waals surface area contributed by atoms with Gasteiger partial charge < -0.3 is 18.9 Å². The number of esters is 2. The van der Waals surface area contributed by atoms with E-state index in [-0.39, 0.29) is 24.3 Å². The molecule has 0 N–H and O–H groups in total. The van der Waals surface area contributed by atoms with Gasteiger partial charge in [-0.3, -0.25) is 9.59 Å². The number of hydrogen-bond donors (Lipinski definition) is 0. The summed E-state index contributed by atoms with van der Waals surface area (Å²) in [6, 6.07) is 9.18. The molecule has 7 heteroatoms. The topological polar surface area (TPSA) is 88.1 Å². The van der Waals surface area contributed by atoms with Crippen molar-refractivity contribution in [3.05, 3.63) is 58.7 Å². The van der Waals surface area contributed by atoms with Gasteiger partial charge in [-0.2, -0.15) is 0 Å². The minimum absolute atomic E-state index is 0.0812. The van der Waals surface area contributed by atoms with E-state index in [0.29, 0.717) is 66.0 Å². The van der Waals surface area contributed by atoms with Crippen LogP contribution < -0.4 is 14.2 Å². The first-order valence-electron chi connectivity index (χ1n) is 12.4. The smallest absolute Gasteiger partial charge is 0.342 e. The van der Waals surface area contributed by atoms with Gasteiger partial charge in [-0.05, 0) is 50.3 Å². The molecular weight excluding hydrogens is 460 g/mol. The highest BCUT2D eigenvalue weighted by atomic mass is 16.5. The Morgan fingerprint density at radius 3 is 2.56 bits per heavy atom. The lowest BCUT2D eigenvalue weighted by Gasteiger charge is -2.29. The minimum Gasteiger partial charge on any atom is -0.496 e. The summed E-state index contributed by atoms with van der Waals surface area (Å²) in [5.74, 6) is 0.224. The number of methoxy groups -OCH3 is 2. The maximum Gasteiger partial charge on any atom is 0.342 e. The number of carbonyl (C=O) groups excluding carboxylic acids is 3. The van der Waals surface area contributed by atoms with Crippen molar-refractivity contribution in [3.63, 3.8) is 0 Å². The lowest BCUT2D eigenvalue weighted by molar-refractivity contribution is -0.135. The highest BCUT2D eigenvalue weighted by Crippen LogP contribution is 2.49. The monoisotopic (exact) mass is 492 g/mol. The largest absolute Gasteiger partial charge is 0.496 e. The molecular formula is C29H32O7. The van der Waals surface area contributed by atoms with Crippen molar-refractivity contribution in [2.24, 2.45) is 0 Å². The summed E-state index contributed by atoms with van der Waals surface area (Å²) >= 11 is 0. The second kappa shape index (κ2) is 11.4. The molecule has 190 valence electrons. The van der Waals surface area contributed by atoms with Crippen LogP contribution >= 0.6 is 0 Å². The van der Waals surface area contributed by atoms with Gasteiger partial charge in [0, 0.05) is 29.9 Å². The minimum atomic E-state index is -0.513. The lowest BCUT2D eigenvalue weighted by Crippen LogP contribution is -2.24. The number of carbonyl (C=O) groups is 3. The first-order chi connectivity index (χ1) is 17.4. The number of cyclic esters (lactones) is 1. The molecule has 0 saturated heterocycles. The van der Waals surface area contributed by atoms with Gasteiger partial charge in [-0.25, -0.2) is 4.79 Å². The van der Waals surface area contributed by atoms with Gasteiger partial charge in [0.1, 0.15) is 28.6 Å². The van der Waals surface area contributed by atoms with E-state index in [1.165, 1.54) is 7.11 Å². The van der Waals surface area contributed by atoms with E-state index >= 15 is 0 Å². The van der Waals surface area contributed by atoms with Crippen molar-refractivity contribution >= 4 is 23.8 Å². The third kappa shape index (κ3) is 5.45. The molecule has 2 aromatic rings. The molecule has 0 radical (unpaired) electrons. The van der Waals surface area contributed by atoms with Crippen molar-refractivity contribution in [1.29, 1.82) is 0 Å². The van der Waals surface area contributed by atoms with Crippen molar-refractivity contribution in [2.45, 2.75) is 63.9 Å². The first kappa shape index (κ1) is 25.5. The standard InChI is InChI=1S/C29H32O7/c1-18-10-9-13-20(30)12-6-4-5-11-19-16-24-27(28(34-3)26(19)29(32)35-18)22(17-25(31)36-24)21-14-7-8-15-23(21)33-2/h5,7-8,11,14-16,18,22H,4,6,9-10,12-13,17H2,1-3H3/t18-,22-/m0/s1. The van der Waals surface area contributed by atoms with Crippen LogP contribution in [0.3, 0.4) is 0 Å². The van der Waals surface area contributed by atoms with Crippen LogP contribution in [0.2, 0.25) is 0 Å². The number of rotatable bonds is 3. The predicted molar refractivity (Wildman–Crippen MR) is 135 cm³/mol. The number of hydrogen-bond acceptors (Lipinski definition) is 7. The van der Waals surface area contributed by atoms with E-state index < -0.39 is 11.9 Å². The number of allylic oxidation sites excluding steroid dienone is 1. The molecule has 4 rings (SSSR count). The molecule has 2 aromatic carbocycles. The van der Waals surface area contributed by atoms with Crippen molar-refractivity contribution in [2.75, 3.05) is 14.2 Å². The van der Waals surface area contributed by atoms with Crippen LogP contribution in [0.5, 0.6) is 17.2 Å². The molecule has 0 amide bonds. The molecule has 0 fully saturated rings. The zero-order valence-electron chi connectivity index (χ0n) is 21.0. The molecule has 0 spiro atoms. The first-order valence-corrected chi connectivity index (χ1v) is 12.4. The summed E-state index contributed by atoms with van der Waals surface area (Å²) in [6.07, 6.45) is 7.13. The van der Waals surface area contributed by atoms with Crippen molar-refractivity contribution in [3.8, 4) is 17.2 Å². The summed E-state index contributed by atoms with van der Waals surface area (Å²) in [4.78, 5) is 38.2. The van der Waals surface area contributed by atoms with Gasteiger partial charge in [0.2, 0.25) is 0 Å². The van der Waals surface area contributed by atoms with Crippen LogP contribution in [-0.4, -0.2) is 38.0 Å². The number of benzene rings is 2. The molecule has 2 aliphatic rings. The zero-order chi connectivity index (χ0) is 25.7. The van der Waals surface area contributed by atoms with Gasteiger partial charge in [0.05, 0.1) is 26.7 Å². The van der Waals surface area contributed by atoms with Gasteiger partial charge in [0.15, 0.2) is 0 Å². The van der Waals surface area contributed by atoms with Gasteiger partial charge >= 0.3 is 11.9 Å². The normalized spacial score (nSPS) is 20.9. The molecule has 36 heavy (non-hydrogen) atoms. The summed E-state index contributed by atoms with van der Waals surface area (Å²) in [5, 5.41) is 0. The molecule has 0 saturated carbocycles. The predicted octanol–water partition coefficient (Wildman–Crippen LogP) is 5.63. The maximum atomic E-state index is 13.5. The summed E-state index contributed by atoms with van der Waals surface area (Å²) in [6.45, 7) is 1.83. The van der Waals surface area contributed by atoms with E-state index in [1.807, 2.05) is 37.3 Å². The molecule has 2 heterocycles. The van der Waals surface area contributed by atoms with E-state index in [9.17, 15) is 14.4 Å². The molecule has 2 atom stereocenters. The molecule has 0 aliphatic carbocycles. The second-order valence-electron chi connectivity index (χ2n) is 9.20. The zero-order valence-corrected chi connectivity index (χ0v) is 21.0. The Morgan fingerprint density at radius 2 is 1.78 bits per heavy atom. The Hall–Kier alpha value is -3.61. The quantitative estimate of drug-likeness (QED) is 0.405. The number of ketones is 1. The number of Topliss-reactive ketones (excluding diaryl/α,β-unsaturated/α-hetero) is 1. The van der Waals surface area contributed by atoms with Crippen LogP contribution in [0.1, 0.15) is 84.8 Å². The van der Waals surface area contributed by atoms with E-state index in [1.54, 1.807) is 19.3 Å². The molecule has 7 nitrogen and oxygen atoms in total. The van der Waals surface area contributed by atoms with Crippen molar-refractivity contribution in [1.82, 2.24) is 0 Å². The highest BCUT2D eigenvalue weighted by Gasteiger charge is 2.37. The van der Waals surface area contributed by atoms with Gasteiger partial charge in [-0.15, -0.1) is 0 Å². The Labute approximate surface area is 211 Å². The number of ether oxygens (including phenoxy) is 4. The molecule has 2 aliphatic heterocycles. The number of fused-ring (bicyclic) bond motifs is 2. The average Bonchev–Trinajstić information content (AvgIpc) is 2.86. The maximum absolute atomic E-state index is 13.5.